The van der Waals surface area contributed by atoms with Crippen LogP contribution in [0, 0.1) is 0 Å². The Morgan fingerprint density at radius 3 is 2.09 bits per heavy atom. The summed E-state index contributed by atoms with van der Waals surface area (Å²) in [6, 6.07) is 10.8. The van der Waals surface area contributed by atoms with E-state index in [2.05, 4.69) is 9.71 Å². The summed E-state index contributed by atoms with van der Waals surface area (Å²) >= 11 is 12.5. The van der Waals surface area contributed by atoms with E-state index in [0.717, 1.165) is 6.26 Å². The number of esters is 1. The molecule has 0 spiro atoms. The molecule has 8 nitrogen and oxygen atoms in total. The molecule has 0 saturated heterocycles. The van der Waals surface area contributed by atoms with Crippen molar-refractivity contribution in [2.75, 3.05) is 25.2 Å². The topological polar surface area (TPSA) is 104 Å². The maximum absolute atomic E-state index is 12.9. The van der Waals surface area contributed by atoms with Gasteiger partial charge in [0.05, 0.1) is 36.1 Å². The van der Waals surface area contributed by atoms with Crippen LogP contribution in [0.25, 0.3) is 11.8 Å². The first-order chi connectivity index (χ1) is 16.1. The van der Waals surface area contributed by atoms with Crippen LogP contribution < -0.4 is 14.2 Å². The number of nitrogens with zero attached hydrogens (tertiary/aromatic N) is 1. The number of halogens is 2. The molecular formula is C23H20Cl2N2O6S. The zero-order valence-corrected chi connectivity index (χ0v) is 20.7. The first kappa shape index (κ1) is 25.4. The van der Waals surface area contributed by atoms with Crippen LogP contribution >= 0.6 is 23.2 Å². The van der Waals surface area contributed by atoms with E-state index in [1.165, 1.54) is 57.0 Å². The Kier molecular flexibility index (Phi) is 8.03. The van der Waals surface area contributed by atoms with Crippen molar-refractivity contribution in [2.45, 2.75) is 0 Å². The second-order valence-corrected chi connectivity index (χ2v) is 9.50. The van der Waals surface area contributed by atoms with Crippen molar-refractivity contribution < 1.29 is 27.4 Å². The van der Waals surface area contributed by atoms with Crippen LogP contribution in [0.15, 0.2) is 54.9 Å². The lowest BCUT2D eigenvalue weighted by atomic mass is 10.1. The monoisotopic (exact) mass is 522 g/mol. The van der Waals surface area contributed by atoms with Crippen molar-refractivity contribution in [1.82, 2.24) is 4.98 Å². The van der Waals surface area contributed by atoms with Gasteiger partial charge < -0.3 is 14.2 Å². The van der Waals surface area contributed by atoms with Gasteiger partial charge in [0.2, 0.25) is 10.0 Å². The molecule has 1 aromatic heterocycles. The van der Waals surface area contributed by atoms with Crippen molar-refractivity contribution in [3.63, 3.8) is 0 Å². The predicted molar refractivity (Wildman–Crippen MR) is 132 cm³/mol. The smallest absolute Gasteiger partial charge is 0.343 e. The van der Waals surface area contributed by atoms with Gasteiger partial charge >= 0.3 is 5.97 Å². The fraction of sp³-hybridized carbons (Fsp3) is 0.130. The highest BCUT2D eigenvalue weighted by atomic mass is 35.5. The quantitative estimate of drug-likeness (QED) is 0.322. The van der Waals surface area contributed by atoms with E-state index in [0.29, 0.717) is 28.3 Å². The Morgan fingerprint density at radius 2 is 1.53 bits per heavy atom. The number of nitrogens with one attached hydrogen (secondary N) is 1. The van der Waals surface area contributed by atoms with Crippen LogP contribution in [0.3, 0.4) is 0 Å². The summed E-state index contributed by atoms with van der Waals surface area (Å²) in [6.07, 6.45) is 5.39. The van der Waals surface area contributed by atoms with Gasteiger partial charge in [-0.2, -0.15) is 0 Å². The minimum absolute atomic E-state index is 0.138. The van der Waals surface area contributed by atoms with Crippen molar-refractivity contribution in [2.24, 2.45) is 0 Å². The van der Waals surface area contributed by atoms with E-state index in [-0.39, 0.29) is 21.4 Å². The summed E-state index contributed by atoms with van der Waals surface area (Å²) in [5.41, 5.74) is 1.40. The second-order valence-electron chi connectivity index (χ2n) is 6.94. The van der Waals surface area contributed by atoms with Gasteiger partial charge in [-0.1, -0.05) is 23.2 Å². The summed E-state index contributed by atoms with van der Waals surface area (Å²) < 4.78 is 41.4. The van der Waals surface area contributed by atoms with E-state index >= 15 is 0 Å². The molecule has 0 aliphatic rings. The molecule has 1 N–H and O–H groups in total. The fourth-order valence-corrected chi connectivity index (χ4v) is 3.94. The van der Waals surface area contributed by atoms with E-state index in [4.69, 9.17) is 37.4 Å². The number of pyridine rings is 1. The number of carbonyl (C=O) groups excluding carboxylic acids is 1. The number of hydrogen-bond donors (Lipinski definition) is 1. The molecule has 0 unspecified atom stereocenters. The lowest BCUT2D eigenvalue weighted by Gasteiger charge is -2.14. The van der Waals surface area contributed by atoms with E-state index < -0.39 is 16.0 Å². The normalized spacial score (nSPS) is 11.6. The Balaban J connectivity index is 2.01. The number of anilines is 1. The molecule has 0 aliphatic heterocycles. The minimum atomic E-state index is -3.45. The molecule has 0 fully saturated rings. The summed E-state index contributed by atoms with van der Waals surface area (Å²) in [7, 11) is -0.455. The molecule has 3 rings (SSSR count). The SMILES string of the molecule is COc1ccc(/C(=C/c2c(Cl)cncc2Cl)OC(=O)c2ccc(NS(C)(=O)=O)cc2)cc1OC. The highest BCUT2D eigenvalue weighted by Gasteiger charge is 2.17. The Labute approximate surface area is 207 Å². The molecule has 34 heavy (non-hydrogen) atoms. The predicted octanol–water partition coefficient (Wildman–Crippen LogP) is 5.13. The molecule has 178 valence electrons. The molecule has 0 atom stereocenters. The van der Waals surface area contributed by atoms with Gasteiger partial charge in [-0.3, -0.25) is 9.71 Å². The molecule has 0 amide bonds. The van der Waals surface area contributed by atoms with Gasteiger partial charge in [0.15, 0.2) is 11.5 Å². The van der Waals surface area contributed by atoms with Gasteiger partial charge in [0, 0.05) is 29.2 Å². The van der Waals surface area contributed by atoms with Crippen molar-refractivity contribution >= 4 is 56.7 Å². The third-order valence-electron chi connectivity index (χ3n) is 4.46. The summed E-state index contributed by atoms with van der Waals surface area (Å²) in [4.78, 5) is 16.9. The van der Waals surface area contributed by atoms with Crippen LogP contribution in [0.2, 0.25) is 10.0 Å². The number of methoxy groups -OCH3 is 2. The summed E-state index contributed by atoms with van der Waals surface area (Å²) in [5, 5.41) is 0.524. The number of hydrogen-bond acceptors (Lipinski definition) is 7. The Morgan fingerprint density at radius 1 is 0.941 bits per heavy atom. The first-order valence-corrected chi connectivity index (χ1v) is 12.3. The van der Waals surface area contributed by atoms with Gasteiger partial charge in [0.1, 0.15) is 5.76 Å². The van der Waals surface area contributed by atoms with Crippen molar-refractivity contribution in [3.05, 3.63) is 81.6 Å². The van der Waals surface area contributed by atoms with Crippen molar-refractivity contribution in [3.8, 4) is 11.5 Å². The Bertz CT molecular complexity index is 1320. The van der Waals surface area contributed by atoms with E-state index in [1.807, 2.05) is 0 Å². The van der Waals surface area contributed by atoms with E-state index in [9.17, 15) is 13.2 Å². The maximum atomic E-state index is 12.9. The average Bonchev–Trinajstić information content (AvgIpc) is 2.79. The third kappa shape index (κ3) is 6.40. The van der Waals surface area contributed by atoms with Crippen molar-refractivity contribution in [1.29, 1.82) is 0 Å². The van der Waals surface area contributed by atoms with Gasteiger partial charge in [-0.15, -0.1) is 0 Å². The van der Waals surface area contributed by atoms with Crippen LogP contribution in [-0.2, 0) is 14.8 Å². The van der Waals surface area contributed by atoms with Crippen LogP contribution in [0.4, 0.5) is 5.69 Å². The maximum Gasteiger partial charge on any atom is 0.343 e. The van der Waals surface area contributed by atoms with Gasteiger partial charge in [-0.25, -0.2) is 13.2 Å². The lowest BCUT2D eigenvalue weighted by Crippen LogP contribution is -2.10. The summed E-state index contributed by atoms with van der Waals surface area (Å²) in [5.74, 6) is 0.364. The number of aromatic nitrogens is 1. The third-order valence-corrected chi connectivity index (χ3v) is 5.67. The number of benzene rings is 2. The van der Waals surface area contributed by atoms with Gasteiger partial charge in [-0.05, 0) is 48.5 Å². The number of sulfonamides is 1. The molecule has 0 radical (unpaired) electrons. The molecule has 2 aromatic carbocycles. The molecule has 0 bridgehead atoms. The zero-order chi connectivity index (χ0) is 24.9. The minimum Gasteiger partial charge on any atom is -0.493 e. The van der Waals surface area contributed by atoms with Gasteiger partial charge in [0.25, 0.3) is 0 Å². The zero-order valence-electron chi connectivity index (χ0n) is 18.3. The fourth-order valence-electron chi connectivity index (χ4n) is 2.90. The van der Waals surface area contributed by atoms with Crippen LogP contribution in [-0.4, -0.2) is 39.8 Å². The number of carbonyl (C=O) groups is 1. The first-order valence-electron chi connectivity index (χ1n) is 9.64. The average molecular weight is 523 g/mol. The number of ether oxygens (including phenoxy) is 3. The van der Waals surface area contributed by atoms with Crippen LogP contribution in [0.5, 0.6) is 11.5 Å². The highest BCUT2D eigenvalue weighted by molar-refractivity contribution is 7.92. The molecule has 1 heterocycles. The number of rotatable bonds is 8. The second kappa shape index (κ2) is 10.8. The molecule has 0 aliphatic carbocycles. The highest BCUT2D eigenvalue weighted by Crippen LogP contribution is 2.34. The standard InChI is InChI=1S/C23H20Cl2N2O6S/c1-31-20-9-6-15(10-22(20)32-2)21(11-17-18(24)12-26-13-19(17)25)33-23(28)14-4-7-16(8-5-14)27-34(3,29)30/h4-13,27H,1-3H3/b21-11-. The van der Waals surface area contributed by atoms with E-state index in [1.54, 1.807) is 18.2 Å². The summed E-state index contributed by atoms with van der Waals surface area (Å²) in [6.45, 7) is 0. The molecule has 3 aromatic rings. The molecule has 0 saturated carbocycles. The van der Waals surface area contributed by atoms with Crippen LogP contribution in [0.1, 0.15) is 21.5 Å². The molecular weight excluding hydrogens is 503 g/mol. The lowest BCUT2D eigenvalue weighted by molar-refractivity contribution is 0.0693. The Hall–Kier alpha value is -3.27. The largest absolute Gasteiger partial charge is 0.493 e. The molecule has 11 heteroatoms.